The van der Waals surface area contributed by atoms with E-state index in [9.17, 15) is 14.4 Å². The molecule has 4 aromatic rings. The summed E-state index contributed by atoms with van der Waals surface area (Å²) in [6.45, 7) is 1.93. The second-order valence-corrected chi connectivity index (χ2v) is 8.60. The molecule has 0 radical (unpaired) electrons. The number of anilines is 2. The first-order chi connectivity index (χ1) is 18.0. The molecule has 0 aromatic heterocycles. The number of fused-ring (bicyclic) bond motifs is 1. The van der Waals surface area contributed by atoms with Crippen LogP contribution in [0.25, 0.3) is 0 Å². The number of hydrogen-bond acceptors (Lipinski definition) is 5. The molecule has 2 amide bonds. The third kappa shape index (κ3) is 5.21. The van der Waals surface area contributed by atoms with Crippen LogP contribution >= 0.6 is 0 Å². The van der Waals surface area contributed by atoms with Gasteiger partial charge >= 0.3 is 0 Å². The molecule has 184 valence electrons. The number of benzene rings is 4. The maximum absolute atomic E-state index is 13.3. The zero-order valence-corrected chi connectivity index (χ0v) is 20.1. The molecule has 1 atom stereocenters. The first-order valence-corrected chi connectivity index (χ1v) is 11.8. The first-order valence-electron chi connectivity index (χ1n) is 11.8. The SMILES string of the molecule is Cc1ccc(NC(=O)c2ccccc2NC(=O)[C@@H]2COc3ccccc3O2)c(C(=O)c2ccccc2)c1. The van der Waals surface area contributed by atoms with E-state index in [1.165, 1.54) is 0 Å². The Morgan fingerprint density at radius 2 is 1.41 bits per heavy atom. The summed E-state index contributed by atoms with van der Waals surface area (Å²) in [6, 6.07) is 27.9. The van der Waals surface area contributed by atoms with Gasteiger partial charge in [-0.15, -0.1) is 0 Å². The van der Waals surface area contributed by atoms with Crippen LogP contribution in [0.5, 0.6) is 11.5 Å². The van der Waals surface area contributed by atoms with Crippen molar-refractivity contribution in [1.82, 2.24) is 0 Å². The van der Waals surface area contributed by atoms with Crippen LogP contribution in [-0.4, -0.2) is 30.3 Å². The minimum Gasteiger partial charge on any atom is -0.485 e. The zero-order valence-electron chi connectivity index (χ0n) is 20.1. The molecule has 7 nitrogen and oxygen atoms in total. The van der Waals surface area contributed by atoms with E-state index in [4.69, 9.17) is 9.47 Å². The highest BCUT2D eigenvalue weighted by Gasteiger charge is 2.28. The molecule has 1 heterocycles. The maximum Gasteiger partial charge on any atom is 0.269 e. The number of nitrogens with one attached hydrogen (secondary N) is 2. The summed E-state index contributed by atoms with van der Waals surface area (Å²) in [4.78, 5) is 39.5. The van der Waals surface area contributed by atoms with E-state index in [2.05, 4.69) is 10.6 Å². The lowest BCUT2D eigenvalue weighted by molar-refractivity contribution is -0.125. The summed E-state index contributed by atoms with van der Waals surface area (Å²) >= 11 is 0. The van der Waals surface area contributed by atoms with Crippen LogP contribution in [0, 0.1) is 6.92 Å². The molecule has 2 N–H and O–H groups in total. The fourth-order valence-corrected chi connectivity index (χ4v) is 4.04. The summed E-state index contributed by atoms with van der Waals surface area (Å²) in [5, 5.41) is 5.62. The molecule has 1 aliphatic rings. The smallest absolute Gasteiger partial charge is 0.269 e. The van der Waals surface area contributed by atoms with Gasteiger partial charge in [0.15, 0.2) is 17.3 Å². The van der Waals surface area contributed by atoms with Crippen LogP contribution in [0.15, 0.2) is 97.1 Å². The quantitative estimate of drug-likeness (QED) is 0.358. The summed E-state index contributed by atoms with van der Waals surface area (Å²) < 4.78 is 11.4. The van der Waals surface area contributed by atoms with Crippen LogP contribution in [0.2, 0.25) is 0 Å². The number of amides is 2. The lowest BCUT2D eigenvalue weighted by Crippen LogP contribution is -2.40. The van der Waals surface area contributed by atoms with E-state index in [0.717, 1.165) is 5.56 Å². The van der Waals surface area contributed by atoms with Gasteiger partial charge in [0.2, 0.25) is 6.10 Å². The van der Waals surface area contributed by atoms with E-state index < -0.39 is 17.9 Å². The van der Waals surface area contributed by atoms with Crippen molar-refractivity contribution in [3.05, 3.63) is 119 Å². The van der Waals surface area contributed by atoms with Gasteiger partial charge in [-0.1, -0.05) is 66.2 Å². The normalized spacial score (nSPS) is 13.9. The molecule has 0 spiro atoms. The average Bonchev–Trinajstić information content (AvgIpc) is 2.94. The lowest BCUT2D eigenvalue weighted by atomic mass is 9.99. The molecule has 0 fully saturated rings. The van der Waals surface area contributed by atoms with Gasteiger partial charge in [-0.05, 0) is 43.3 Å². The predicted molar refractivity (Wildman–Crippen MR) is 140 cm³/mol. The minimum absolute atomic E-state index is 0.0472. The maximum atomic E-state index is 13.3. The number of ketones is 1. The summed E-state index contributed by atoms with van der Waals surface area (Å²) in [5.41, 5.74) is 2.73. The van der Waals surface area contributed by atoms with Gasteiger partial charge in [-0.25, -0.2) is 0 Å². The van der Waals surface area contributed by atoms with E-state index in [0.29, 0.717) is 34.0 Å². The second kappa shape index (κ2) is 10.4. The number of carbonyl (C=O) groups excluding carboxylic acids is 3. The van der Waals surface area contributed by atoms with Crippen molar-refractivity contribution >= 4 is 29.0 Å². The Bertz CT molecular complexity index is 1480. The molecule has 37 heavy (non-hydrogen) atoms. The molecular weight excluding hydrogens is 468 g/mol. The highest BCUT2D eigenvalue weighted by Crippen LogP contribution is 2.31. The lowest BCUT2D eigenvalue weighted by Gasteiger charge is -2.25. The number of rotatable bonds is 6. The van der Waals surface area contributed by atoms with Crippen molar-refractivity contribution in [1.29, 1.82) is 0 Å². The largest absolute Gasteiger partial charge is 0.485 e. The van der Waals surface area contributed by atoms with Gasteiger partial charge in [-0.2, -0.15) is 0 Å². The Hall–Kier alpha value is -4.91. The molecule has 0 unspecified atom stereocenters. The number of para-hydroxylation sites is 3. The van der Waals surface area contributed by atoms with Gasteiger partial charge in [0.1, 0.15) is 6.61 Å². The summed E-state index contributed by atoms with van der Waals surface area (Å²) in [6.07, 6.45) is -0.877. The highest BCUT2D eigenvalue weighted by molar-refractivity contribution is 6.16. The van der Waals surface area contributed by atoms with Crippen molar-refractivity contribution < 1.29 is 23.9 Å². The molecule has 0 aliphatic carbocycles. The Kier molecular flexibility index (Phi) is 6.68. The Morgan fingerprint density at radius 3 is 2.22 bits per heavy atom. The van der Waals surface area contributed by atoms with Gasteiger partial charge in [-0.3, -0.25) is 14.4 Å². The van der Waals surface area contributed by atoms with Gasteiger partial charge in [0, 0.05) is 11.1 Å². The standard InChI is InChI=1S/C30H24N2O5/c1-19-15-16-24(22(17-19)28(33)20-9-3-2-4-10-20)31-29(34)21-11-5-6-12-23(21)32-30(35)27-18-36-25-13-7-8-14-26(25)37-27/h2-17,27H,18H2,1H3,(H,31,34)(H,32,35)/t27-/m0/s1. The van der Waals surface area contributed by atoms with E-state index in [-0.39, 0.29) is 18.0 Å². The summed E-state index contributed by atoms with van der Waals surface area (Å²) in [7, 11) is 0. The van der Waals surface area contributed by atoms with Crippen LogP contribution in [0.4, 0.5) is 11.4 Å². The fraction of sp³-hybridized carbons (Fsp3) is 0.100. The molecule has 0 saturated heterocycles. The molecule has 5 rings (SSSR count). The van der Waals surface area contributed by atoms with Crippen molar-refractivity contribution in [2.24, 2.45) is 0 Å². The average molecular weight is 493 g/mol. The zero-order chi connectivity index (χ0) is 25.8. The Labute approximate surface area is 214 Å². The summed E-state index contributed by atoms with van der Waals surface area (Å²) in [5.74, 6) is -0.0471. The van der Waals surface area contributed by atoms with Crippen LogP contribution in [-0.2, 0) is 4.79 Å². The minimum atomic E-state index is -0.877. The van der Waals surface area contributed by atoms with Gasteiger partial charge < -0.3 is 20.1 Å². The number of carbonyl (C=O) groups is 3. The highest BCUT2D eigenvalue weighted by atomic mass is 16.6. The van der Waals surface area contributed by atoms with E-state index in [1.807, 2.05) is 25.1 Å². The fourth-order valence-electron chi connectivity index (χ4n) is 4.04. The molecule has 7 heteroatoms. The van der Waals surface area contributed by atoms with E-state index >= 15 is 0 Å². The molecular formula is C30H24N2O5. The van der Waals surface area contributed by atoms with Gasteiger partial charge in [0.25, 0.3) is 11.8 Å². The molecule has 4 aromatic carbocycles. The monoisotopic (exact) mass is 492 g/mol. The van der Waals surface area contributed by atoms with Crippen molar-refractivity contribution in [2.75, 3.05) is 17.2 Å². The van der Waals surface area contributed by atoms with Crippen LogP contribution in [0.1, 0.15) is 31.8 Å². The number of aryl methyl sites for hydroxylation is 1. The van der Waals surface area contributed by atoms with Crippen molar-refractivity contribution in [2.45, 2.75) is 13.0 Å². The molecule has 0 saturated carbocycles. The third-order valence-corrected chi connectivity index (χ3v) is 5.93. The topological polar surface area (TPSA) is 93.7 Å². The molecule has 1 aliphatic heterocycles. The Balaban J connectivity index is 1.35. The number of hydrogen-bond donors (Lipinski definition) is 2. The predicted octanol–water partition coefficient (Wildman–Crippen LogP) is 5.26. The van der Waals surface area contributed by atoms with Gasteiger partial charge in [0.05, 0.1) is 16.9 Å². The number of ether oxygens (including phenoxy) is 2. The van der Waals surface area contributed by atoms with Crippen LogP contribution < -0.4 is 20.1 Å². The van der Waals surface area contributed by atoms with E-state index in [1.54, 1.807) is 78.9 Å². The first kappa shape index (κ1) is 23.8. The van der Waals surface area contributed by atoms with Crippen molar-refractivity contribution in [3.8, 4) is 11.5 Å². The second-order valence-electron chi connectivity index (χ2n) is 8.60. The van der Waals surface area contributed by atoms with Crippen LogP contribution in [0.3, 0.4) is 0 Å². The third-order valence-electron chi connectivity index (χ3n) is 5.93. The van der Waals surface area contributed by atoms with Crippen molar-refractivity contribution in [3.63, 3.8) is 0 Å². The Morgan fingerprint density at radius 1 is 0.730 bits per heavy atom. The molecule has 0 bridgehead atoms.